The monoisotopic (exact) mass is 653 g/mol. The molecule has 0 radical (unpaired) electrons. The van der Waals surface area contributed by atoms with Crippen molar-refractivity contribution in [3.8, 4) is 34.4 Å². The van der Waals surface area contributed by atoms with E-state index < -0.39 is 0 Å². The normalized spacial score (nSPS) is 11.9. The number of rotatable bonds is 4. The molecule has 0 saturated heterocycles. The molecule has 0 aliphatic heterocycles. The van der Waals surface area contributed by atoms with Crippen molar-refractivity contribution in [1.29, 1.82) is 0 Å². The Kier molecular flexibility index (Phi) is 5.86. The lowest BCUT2D eigenvalue weighted by Crippen LogP contribution is -2.06. The van der Waals surface area contributed by atoms with Crippen LogP contribution in [0.15, 0.2) is 168 Å². The van der Waals surface area contributed by atoms with E-state index in [9.17, 15) is 0 Å². The second-order valence-corrected chi connectivity index (χ2v) is 12.9. The highest BCUT2D eigenvalue weighted by atomic mass is 16.3. The second kappa shape index (κ2) is 10.7. The summed E-state index contributed by atoms with van der Waals surface area (Å²) in [5.74, 6) is 1.77. The predicted octanol–water partition coefficient (Wildman–Crippen LogP) is 11.3. The average molecular weight is 654 g/mol. The molecule has 11 aromatic rings. The van der Waals surface area contributed by atoms with Crippen LogP contribution in [0.4, 0.5) is 0 Å². The molecule has 7 aromatic carbocycles. The minimum Gasteiger partial charge on any atom is -0.456 e. The van der Waals surface area contributed by atoms with Gasteiger partial charge in [0.1, 0.15) is 11.2 Å². The molecule has 238 valence electrons. The molecule has 0 unspecified atom stereocenters. The van der Waals surface area contributed by atoms with E-state index in [4.69, 9.17) is 19.4 Å². The zero-order chi connectivity index (χ0) is 33.5. The van der Waals surface area contributed by atoms with Crippen molar-refractivity contribution >= 4 is 65.6 Å². The third-order valence-corrected chi connectivity index (χ3v) is 9.98. The van der Waals surface area contributed by atoms with Gasteiger partial charge in [-0.05, 0) is 60.7 Å². The van der Waals surface area contributed by atoms with Crippen molar-refractivity contribution < 1.29 is 4.42 Å². The van der Waals surface area contributed by atoms with Crippen LogP contribution < -0.4 is 0 Å². The zero-order valence-electron chi connectivity index (χ0n) is 27.2. The zero-order valence-corrected chi connectivity index (χ0v) is 27.2. The summed E-state index contributed by atoms with van der Waals surface area (Å²) in [6.45, 7) is 0. The van der Waals surface area contributed by atoms with Crippen molar-refractivity contribution in [3.63, 3.8) is 0 Å². The van der Waals surface area contributed by atoms with E-state index in [1.165, 1.54) is 21.7 Å². The van der Waals surface area contributed by atoms with Crippen LogP contribution in [0.25, 0.3) is 100.0 Å². The summed E-state index contributed by atoms with van der Waals surface area (Å²) in [6.07, 6.45) is 0. The summed E-state index contributed by atoms with van der Waals surface area (Å²) in [5, 5.41) is 6.81. The van der Waals surface area contributed by atoms with Crippen LogP contribution >= 0.6 is 0 Å². The number of fused-ring (bicyclic) bond motifs is 10. The summed E-state index contributed by atoms with van der Waals surface area (Å²) in [6, 6.07) is 56.7. The smallest absolute Gasteiger partial charge is 0.238 e. The van der Waals surface area contributed by atoms with Gasteiger partial charge in [0.05, 0.1) is 22.1 Å². The second-order valence-electron chi connectivity index (χ2n) is 12.9. The highest BCUT2D eigenvalue weighted by Gasteiger charge is 2.22. The fourth-order valence-electron chi connectivity index (χ4n) is 7.76. The van der Waals surface area contributed by atoms with Crippen LogP contribution in [0.3, 0.4) is 0 Å². The topological polar surface area (TPSA) is 61.7 Å². The fraction of sp³-hybridized carbons (Fsp3) is 0. The minimum atomic E-state index is 0.563. The van der Waals surface area contributed by atoms with E-state index in [2.05, 4.69) is 112 Å². The van der Waals surface area contributed by atoms with Gasteiger partial charge in [0.2, 0.25) is 5.95 Å². The van der Waals surface area contributed by atoms with Crippen LogP contribution in [0.1, 0.15) is 0 Å². The molecule has 6 heteroatoms. The molecule has 4 aromatic heterocycles. The molecule has 0 spiro atoms. The number of aromatic nitrogens is 5. The van der Waals surface area contributed by atoms with E-state index in [-0.39, 0.29) is 0 Å². The van der Waals surface area contributed by atoms with Gasteiger partial charge >= 0.3 is 0 Å². The van der Waals surface area contributed by atoms with Crippen LogP contribution in [-0.2, 0) is 0 Å². The number of para-hydroxylation sites is 4. The van der Waals surface area contributed by atoms with Crippen LogP contribution in [-0.4, -0.2) is 24.1 Å². The lowest BCUT2D eigenvalue weighted by molar-refractivity contribution is 0.669. The van der Waals surface area contributed by atoms with Gasteiger partial charge < -0.3 is 8.98 Å². The first-order valence-corrected chi connectivity index (χ1v) is 17.0. The van der Waals surface area contributed by atoms with Crippen molar-refractivity contribution in [1.82, 2.24) is 24.1 Å². The molecule has 0 fully saturated rings. The Balaban J connectivity index is 1.23. The van der Waals surface area contributed by atoms with Crippen LogP contribution in [0.5, 0.6) is 0 Å². The lowest BCUT2D eigenvalue weighted by atomic mass is 10.1. The molecule has 4 heterocycles. The van der Waals surface area contributed by atoms with Gasteiger partial charge in [-0.15, -0.1) is 0 Å². The Morgan fingerprint density at radius 3 is 1.65 bits per heavy atom. The highest BCUT2D eigenvalue weighted by Crippen LogP contribution is 2.42. The van der Waals surface area contributed by atoms with Crippen LogP contribution in [0.2, 0.25) is 0 Å². The minimum absolute atomic E-state index is 0.563. The summed E-state index contributed by atoms with van der Waals surface area (Å²) in [5.41, 5.74) is 9.02. The highest BCUT2D eigenvalue weighted by molar-refractivity contribution is 6.28. The van der Waals surface area contributed by atoms with E-state index in [0.717, 1.165) is 60.7 Å². The standard InChI is InChI=1S/C45H27N5O/c1-3-13-28(14-4-1)43-46-44(29-23-26-40-34(27-29)31-17-9-12-22-39(31)51-40)48-45(47-43)50-36-21-11-8-19-33(36)42-38(50)25-24-37-41(42)32-18-7-10-20-35(32)49(37)30-15-5-2-6-16-30/h1-27H. The molecule has 0 aliphatic rings. The number of benzene rings is 7. The van der Waals surface area contributed by atoms with Crippen molar-refractivity contribution in [2.24, 2.45) is 0 Å². The number of hydrogen-bond donors (Lipinski definition) is 0. The van der Waals surface area contributed by atoms with E-state index >= 15 is 0 Å². The Bertz CT molecular complexity index is 3140. The fourth-order valence-corrected chi connectivity index (χ4v) is 7.76. The predicted molar refractivity (Wildman–Crippen MR) is 207 cm³/mol. The quantitative estimate of drug-likeness (QED) is 0.190. The molecule has 51 heavy (non-hydrogen) atoms. The van der Waals surface area contributed by atoms with Gasteiger partial charge in [-0.3, -0.25) is 4.57 Å². The molecule has 0 saturated carbocycles. The Morgan fingerprint density at radius 1 is 0.373 bits per heavy atom. The summed E-state index contributed by atoms with van der Waals surface area (Å²) in [4.78, 5) is 15.5. The molecule has 0 aliphatic carbocycles. The molecule has 0 bridgehead atoms. The first-order valence-electron chi connectivity index (χ1n) is 17.0. The molecule has 11 rings (SSSR count). The number of hydrogen-bond acceptors (Lipinski definition) is 4. The van der Waals surface area contributed by atoms with Gasteiger partial charge in [0.25, 0.3) is 0 Å². The van der Waals surface area contributed by atoms with E-state index in [1.807, 2.05) is 60.7 Å². The van der Waals surface area contributed by atoms with Gasteiger partial charge in [0, 0.05) is 49.1 Å². The lowest BCUT2D eigenvalue weighted by Gasteiger charge is -2.11. The Morgan fingerprint density at radius 2 is 0.922 bits per heavy atom. The summed E-state index contributed by atoms with van der Waals surface area (Å²) < 4.78 is 10.7. The van der Waals surface area contributed by atoms with Gasteiger partial charge in [0.15, 0.2) is 11.6 Å². The largest absolute Gasteiger partial charge is 0.456 e. The van der Waals surface area contributed by atoms with Crippen LogP contribution in [0, 0.1) is 0 Å². The maximum absolute atomic E-state index is 6.15. The van der Waals surface area contributed by atoms with Gasteiger partial charge in [-0.25, -0.2) is 4.98 Å². The van der Waals surface area contributed by atoms with E-state index in [0.29, 0.717) is 17.6 Å². The molecular formula is C45H27N5O. The average Bonchev–Trinajstić information content (AvgIpc) is 3.85. The van der Waals surface area contributed by atoms with Crippen molar-refractivity contribution in [2.75, 3.05) is 0 Å². The van der Waals surface area contributed by atoms with E-state index in [1.54, 1.807) is 0 Å². The van der Waals surface area contributed by atoms with Gasteiger partial charge in [-0.1, -0.05) is 103 Å². The van der Waals surface area contributed by atoms with Crippen molar-refractivity contribution in [3.05, 3.63) is 164 Å². The maximum atomic E-state index is 6.15. The van der Waals surface area contributed by atoms with Gasteiger partial charge in [-0.2, -0.15) is 9.97 Å². The third-order valence-electron chi connectivity index (χ3n) is 9.98. The molecule has 0 atom stereocenters. The number of nitrogens with zero attached hydrogens (tertiary/aromatic N) is 5. The Hall–Kier alpha value is -7.05. The Labute approximate surface area is 291 Å². The summed E-state index contributed by atoms with van der Waals surface area (Å²) in [7, 11) is 0. The van der Waals surface area contributed by atoms with Crippen molar-refractivity contribution in [2.45, 2.75) is 0 Å². The maximum Gasteiger partial charge on any atom is 0.238 e. The molecule has 0 amide bonds. The molecular weight excluding hydrogens is 627 g/mol. The summed E-state index contributed by atoms with van der Waals surface area (Å²) >= 11 is 0. The molecule has 6 nitrogen and oxygen atoms in total. The number of furan rings is 1. The molecule has 0 N–H and O–H groups in total. The first-order chi connectivity index (χ1) is 25.3. The first kappa shape index (κ1) is 27.9. The SMILES string of the molecule is c1ccc(-c2nc(-c3ccc4oc5ccccc5c4c3)nc(-n3c4ccccc4c4c5c6ccccc6n(-c6ccccc6)c5ccc43)n2)cc1. The third kappa shape index (κ3) is 4.14.